The van der Waals surface area contributed by atoms with Gasteiger partial charge >= 0.3 is 0 Å². The lowest BCUT2D eigenvalue weighted by molar-refractivity contribution is -0.384. The van der Waals surface area contributed by atoms with Crippen molar-refractivity contribution in [3.8, 4) is 5.69 Å². The van der Waals surface area contributed by atoms with Crippen LogP contribution in [0.2, 0.25) is 0 Å². The predicted molar refractivity (Wildman–Crippen MR) is 102 cm³/mol. The Bertz CT molecular complexity index is 1110. The number of rotatable bonds is 5. The highest BCUT2D eigenvalue weighted by molar-refractivity contribution is 6.01. The van der Waals surface area contributed by atoms with E-state index in [9.17, 15) is 19.7 Å². The van der Waals surface area contributed by atoms with Crippen molar-refractivity contribution in [2.24, 2.45) is 5.10 Å². The number of non-ortho nitro benzene ring substituents is 1. The van der Waals surface area contributed by atoms with Gasteiger partial charge in [-0.15, -0.1) is 0 Å². The standard InChI is InChI=1S/C18H16N6O4/c1-11(20-21-17(25)13-4-3-9-19-10-13)16-12(2)22-23(18(16)26)14-5-7-15(8-6-14)24(27)28/h3-10,22H,1-2H3,(H,21,25)/b20-11+. The molecule has 0 spiro atoms. The first-order chi connectivity index (χ1) is 13.4. The van der Waals surface area contributed by atoms with Gasteiger partial charge < -0.3 is 0 Å². The second-order valence-electron chi connectivity index (χ2n) is 5.91. The topological polar surface area (TPSA) is 135 Å². The van der Waals surface area contributed by atoms with Gasteiger partial charge in [0, 0.05) is 30.2 Å². The van der Waals surface area contributed by atoms with Crippen molar-refractivity contribution in [2.75, 3.05) is 0 Å². The van der Waals surface area contributed by atoms with Crippen molar-refractivity contribution in [3.63, 3.8) is 0 Å². The fourth-order valence-electron chi connectivity index (χ4n) is 2.63. The van der Waals surface area contributed by atoms with E-state index in [0.717, 1.165) is 0 Å². The van der Waals surface area contributed by atoms with E-state index in [-0.39, 0.29) is 11.2 Å². The molecule has 0 radical (unpaired) electrons. The summed E-state index contributed by atoms with van der Waals surface area (Å²) < 4.78 is 1.26. The Morgan fingerprint density at radius 2 is 2.00 bits per heavy atom. The second kappa shape index (κ2) is 7.66. The Kier molecular flexibility index (Phi) is 5.12. The van der Waals surface area contributed by atoms with Gasteiger partial charge in [-0.1, -0.05) is 0 Å². The van der Waals surface area contributed by atoms with E-state index in [1.54, 1.807) is 32.2 Å². The molecule has 0 unspecified atom stereocenters. The molecule has 0 aliphatic carbocycles. The van der Waals surface area contributed by atoms with Gasteiger partial charge in [-0.05, 0) is 38.1 Å². The molecule has 2 heterocycles. The van der Waals surface area contributed by atoms with Crippen molar-refractivity contribution in [1.82, 2.24) is 20.2 Å². The third kappa shape index (κ3) is 3.70. The molecule has 0 aliphatic heterocycles. The van der Waals surface area contributed by atoms with Crippen molar-refractivity contribution < 1.29 is 9.72 Å². The van der Waals surface area contributed by atoms with Crippen LogP contribution in [0.15, 0.2) is 58.7 Å². The SMILES string of the molecule is C/C(=N\NC(=O)c1cccnc1)c1c(C)[nH]n(-c2ccc([N+](=O)[O-])cc2)c1=O. The molecule has 0 bridgehead atoms. The van der Waals surface area contributed by atoms with E-state index in [1.807, 2.05) is 0 Å². The number of hydrazone groups is 1. The van der Waals surface area contributed by atoms with Crippen molar-refractivity contribution in [1.29, 1.82) is 0 Å². The van der Waals surface area contributed by atoms with Gasteiger partial charge in [0.15, 0.2) is 0 Å². The van der Waals surface area contributed by atoms with Crippen LogP contribution in [0.5, 0.6) is 0 Å². The maximum Gasteiger partial charge on any atom is 0.280 e. The van der Waals surface area contributed by atoms with E-state index in [0.29, 0.717) is 28.2 Å². The van der Waals surface area contributed by atoms with Crippen molar-refractivity contribution in [2.45, 2.75) is 13.8 Å². The highest BCUT2D eigenvalue weighted by atomic mass is 16.6. The molecule has 0 fully saturated rings. The summed E-state index contributed by atoms with van der Waals surface area (Å²) in [5.74, 6) is -0.448. The monoisotopic (exact) mass is 380 g/mol. The van der Waals surface area contributed by atoms with Crippen LogP contribution in [0, 0.1) is 17.0 Å². The zero-order valence-corrected chi connectivity index (χ0v) is 15.0. The molecule has 0 aliphatic rings. The van der Waals surface area contributed by atoms with Crippen molar-refractivity contribution in [3.05, 3.63) is 86.1 Å². The molecule has 0 saturated heterocycles. The molecule has 1 aromatic carbocycles. The van der Waals surface area contributed by atoms with Gasteiger partial charge in [-0.25, -0.2) is 10.1 Å². The maximum absolute atomic E-state index is 12.8. The van der Waals surface area contributed by atoms with Crippen LogP contribution in [0.1, 0.15) is 28.5 Å². The number of carbonyl (C=O) groups excluding carboxylic acids is 1. The van der Waals surface area contributed by atoms with E-state index in [1.165, 1.54) is 35.1 Å². The molecule has 3 aromatic rings. The maximum atomic E-state index is 12.8. The normalized spacial score (nSPS) is 11.3. The number of carbonyl (C=O) groups is 1. The number of hydrogen-bond donors (Lipinski definition) is 2. The molecule has 10 heteroatoms. The highest BCUT2D eigenvalue weighted by Gasteiger charge is 2.16. The molecule has 0 saturated carbocycles. The average Bonchev–Trinajstić information content (AvgIpc) is 3.00. The van der Waals surface area contributed by atoms with Crippen LogP contribution < -0.4 is 11.0 Å². The lowest BCUT2D eigenvalue weighted by atomic mass is 10.2. The zero-order chi connectivity index (χ0) is 20.3. The Morgan fingerprint density at radius 3 is 2.61 bits per heavy atom. The van der Waals surface area contributed by atoms with E-state index in [2.05, 4.69) is 20.6 Å². The van der Waals surface area contributed by atoms with E-state index >= 15 is 0 Å². The van der Waals surface area contributed by atoms with Crippen LogP contribution in [0.4, 0.5) is 5.69 Å². The molecule has 3 rings (SSSR count). The molecular formula is C18H16N6O4. The number of aromatic amines is 1. The number of nitrogens with zero attached hydrogens (tertiary/aromatic N) is 4. The van der Waals surface area contributed by atoms with E-state index in [4.69, 9.17) is 0 Å². The molecule has 1 amide bonds. The summed E-state index contributed by atoms with van der Waals surface area (Å²) in [7, 11) is 0. The fraction of sp³-hybridized carbons (Fsp3) is 0.111. The number of aryl methyl sites for hydroxylation is 1. The Hall–Kier alpha value is -4.08. The summed E-state index contributed by atoms with van der Waals surface area (Å²) in [5.41, 5.74) is 3.87. The largest absolute Gasteiger partial charge is 0.295 e. The lowest BCUT2D eigenvalue weighted by Gasteiger charge is -2.01. The number of nitrogens with one attached hydrogen (secondary N) is 2. The number of nitro benzene ring substituents is 1. The smallest absolute Gasteiger partial charge is 0.280 e. The van der Waals surface area contributed by atoms with E-state index < -0.39 is 10.8 Å². The number of amides is 1. The first-order valence-electron chi connectivity index (χ1n) is 8.20. The molecule has 142 valence electrons. The first-order valence-corrected chi connectivity index (χ1v) is 8.20. The van der Waals surface area contributed by atoms with Gasteiger partial charge in [0.05, 0.1) is 27.4 Å². The summed E-state index contributed by atoms with van der Waals surface area (Å²) in [6, 6.07) is 8.78. The molecule has 10 nitrogen and oxygen atoms in total. The number of nitro groups is 1. The third-order valence-electron chi connectivity index (χ3n) is 4.00. The minimum absolute atomic E-state index is 0.0730. The molecule has 28 heavy (non-hydrogen) atoms. The summed E-state index contributed by atoms with van der Waals surface area (Å²) >= 11 is 0. The summed E-state index contributed by atoms with van der Waals surface area (Å²) in [6.07, 6.45) is 2.96. The number of aromatic nitrogens is 3. The van der Waals surface area contributed by atoms with Crippen LogP contribution in [0.3, 0.4) is 0 Å². The Morgan fingerprint density at radius 1 is 1.29 bits per heavy atom. The van der Waals surface area contributed by atoms with Gasteiger partial charge in [-0.3, -0.25) is 29.8 Å². The highest BCUT2D eigenvalue weighted by Crippen LogP contribution is 2.14. The Labute approximate surface area is 158 Å². The number of H-pyrrole nitrogens is 1. The van der Waals surface area contributed by atoms with Gasteiger partial charge in [0.2, 0.25) is 0 Å². The minimum Gasteiger partial charge on any atom is -0.295 e. The average molecular weight is 380 g/mol. The predicted octanol–water partition coefficient (Wildman–Crippen LogP) is 1.93. The molecule has 2 aromatic heterocycles. The van der Waals surface area contributed by atoms with Crippen LogP contribution in [0.25, 0.3) is 5.69 Å². The summed E-state index contributed by atoms with van der Waals surface area (Å²) in [6.45, 7) is 3.29. The Balaban J connectivity index is 1.87. The third-order valence-corrected chi connectivity index (χ3v) is 4.00. The second-order valence-corrected chi connectivity index (χ2v) is 5.91. The molecule has 2 N–H and O–H groups in total. The summed E-state index contributed by atoms with van der Waals surface area (Å²) in [5, 5.41) is 17.7. The minimum atomic E-state index is -0.514. The summed E-state index contributed by atoms with van der Waals surface area (Å²) in [4.78, 5) is 38.9. The fourth-order valence-corrected chi connectivity index (χ4v) is 2.63. The zero-order valence-electron chi connectivity index (χ0n) is 15.0. The van der Waals surface area contributed by atoms with Gasteiger partial charge in [0.25, 0.3) is 17.2 Å². The van der Waals surface area contributed by atoms with Crippen LogP contribution >= 0.6 is 0 Å². The molecular weight excluding hydrogens is 364 g/mol. The first kappa shape index (κ1) is 18.7. The van der Waals surface area contributed by atoms with Crippen LogP contribution in [-0.2, 0) is 0 Å². The van der Waals surface area contributed by atoms with Crippen molar-refractivity contribution >= 4 is 17.3 Å². The van der Waals surface area contributed by atoms with Crippen LogP contribution in [-0.4, -0.2) is 31.3 Å². The molecule has 0 atom stereocenters. The quantitative estimate of drug-likeness (QED) is 0.396. The lowest BCUT2D eigenvalue weighted by Crippen LogP contribution is -2.23. The number of pyridine rings is 1. The van der Waals surface area contributed by atoms with Gasteiger partial charge in [-0.2, -0.15) is 5.10 Å². The number of benzene rings is 1. The van der Waals surface area contributed by atoms with Gasteiger partial charge in [0.1, 0.15) is 0 Å². The number of hydrogen-bond acceptors (Lipinski definition) is 6.